The summed E-state index contributed by atoms with van der Waals surface area (Å²) in [6.45, 7) is 5.35. The molecule has 0 aliphatic carbocycles. The number of nitrogens with one attached hydrogen (secondary N) is 1. The Morgan fingerprint density at radius 1 is 1.03 bits per heavy atom. The Labute approximate surface area is 180 Å². The fourth-order valence-corrected chi connectivity index (χ4v) is 5.08. The first-order valence-electron chi connectivity index (χ1n) is 10.5. The van der Waals surface area contributed by atoms with E-state index < -0.39 is 41.2 Å². The van der Waals surface area contributed by atoms with Crippen molar-refractivity contribution in [2.45, 2.75) is 45.2 Å². The summed E-state index contributed by atoms with van der Waals surface area (Å²) in [7, 11) is 0. The number of hydrogen-bond donors (Lipinski definition) is 3. The Morgan fingerprint density at radius 2 is 1.65 bits per heavy atom. The van der Waals surface area contributed by atoms with E-state index in [-0.39, 0.29) is 5.75 Å². The highest BCUT2D eigenvalue weighted by atomic mass is 16.4. The van der Waals surface area contributed by atoms with Crippen LogP contribution in [0.15, 0.2) is 42.5 Å². The zero-order valence-electron chi connectivity index (χ0n) is 17.8. The molecule has 2 aliphatic rings. The third-order valence-corrected chi connectivity index (χ3v) is 6.69. The van der Waals surface area contributed by atoms with Gasteiger partial charge in [-0.15, -0.1) is 0 Å². The SMILES string of the molecule is CCc1cccc(CC)c1N1C(=O)C2C(c3ccccc3O)NC(C)(C(=O)O)C2C1=O. The summed E-state index contributed by atoms with van der Waals surface area (Å²) < 4.78 is 0. The van der Waals surface area contributed by atoms with Crippen LogP contribution in [0.2, 0.25) is 0 Å². The van der Waals surface area contributed by atoms with Gasteiger partial charge in [0.15, 0.2) is 0 Å². The second kappa shape index (κ2) is 7.50. The summed E-state index contributed by atoms with van der Waals surface area (Å²) in [5, 5.41) is 23.4. The maximum atomic E-state index is 13.7. The van der Waals surface area contributed by atoms with Gasteiger partial charge in [-0.2, -0.15) is 0 Å². The summed E-state index contributed by atoms with van der Waals surface area (Å²) in [6, 6.07) is 11.4. The number of carboxylic acids is 1. The largest absolute Gasteiger partial charge is 0.508 e. The molecule has 4 atom stereocenters. The molecule has 0 radical (unpaired) electrons. The number of hydrogen-bond acceptors (Lipinski definition) is 5. The highest BCUT2D eigenvalue weighted by Gasteiger charge is 2.67. The van der Waals surface area contributed by atoms with Crippen LogP contribution in [-0.4, -0.2) is 33.5 Å². The number of aliphatic carboxylic acids is 1. The number of aromatic hydroxyl groups is 1. The number of rotatable bonds is 5. The van der Waals surface area contributed by atoms with E-state index in [1.165, 1.54) is 17.9 Å². The lowest BCUT2D eigenvalue weighted by atomic mass is 9.80. The number of carboxylic acid groups (broad SMARTS) is 1. The molecule has 2 aromatic rings. The Bertz CT molecular complexity index is 1060. The third kappa shape index (κ3) is 2.95. The second-order valence-corrected chi connectivity index (χ2v) is 8.34. The Kier molecular flexibility index (Phi) is 5.09. The molecule has 0 aromatic heterocycles. The number of aryl methyl sites for hydroxylation is 2. The normalized spacial score (nSPS) is 27.6. The van der Waals surface area contributed by atoms with E-state index in [1.807, 2.05) is 32.0 Å². The zero-order chi connectivity index (χ0) is 22.5. The van der Waals surface area contributed by atoms with E-state index in [2.05, 4.69) is 5.32 Å². The van der Waals surface area contributed by atoms with E-state index in [4.69, 9.17) is 0 Å². The maximum absolute atomic E-state index is 13.7. The summed E-state index contributed by atoms with van der Waals surface area (Å²) in [5.74, 6) is -4.22. The van der Waals surface area contributed by atoms with Gasteiger partial charge in [-0.1, -0.05) is 50.2 Å². The van der Waals surface area contributed by atoms with Gasteiger partial charge in [-0.3, -0.25) is 19.7 Å². The minimum Gasteiger partial charge on any atom is -0.508 e. The number of phenolic OH excluding ortho intramolecular Hbond substituents is 1. The van der Waals surface area contributed by atoms with Crippen LogP contribution in [0.5, 0.6) is 5.75 Å². The van der Waals surface area contributed by atoms with E-state index in [1.54, 1.807) is 18.2 Å². The molecule has 2 amide bonds. The van der Waals surface area contributed by atoms with Crippen LogP contribution in [0.4, 0.5) is 5.69 Å². The molecule has 2 saturated heterocycles. The molecule has 3 N–H and O–H groups in total. The number of nitrogens with zero attached hydrogens (tertiary/aromatic N) is 1. The first-order valence-corrected chi connectivity index (χ1v) is 10.5. The van der Waals surface area contributed by atoms with Gasteiger partial charge in [0.25, 0.3) is 0 Å². The molecule has 2 heterocycles. The summed E-state index contributed by atoms with van der Waals surface area (Å²) in [4.78, 5) is 40.8. The van der Waals surface area contributed by atoms with E-state index in [9.17, 15) is 24.6 Å². The quantitative estimate of drug-likeness (QED) is 0.640. The predicted molar refractivity (Wildman–Crippen MR) is 115 cm³/mol. The van der Waals surface area contributed by atoms with Crippen molar-refractivity contribution in [1.82, 2.24) is 5.32 Å². The van der Waals surface area contributed by atoms with Gasteiger partial charge in [0.2, 0.25) is 11.8 Å². The van der Waals surface area contributed by atoms with Gasteiger partial charge >= 0.3 is 5.97 Å². The average Bonchev–Trinajstić information content (AvgIpc) is 3.21. The molecule has 2 fully saturated rings. The van der Waals surface area contributed by atoms with Gasteiger partial charge < -0.3 is 10.2 Å². The lowest BCUT2D eigenvalue weighted by molar-refractivity contribution is -0.147. The first kappa shape index (κ1) is 21.1. The monoisotopic (exact) mass is 422 g/mol. The summed E-state index contributed by atoms with van der Waals surface area (Å²) >= 11 is 0. The standard InChI is InChI=1S/C24H26N2O5/c1-4-13-9-8-10-14(5-2)20(13)26-21(28)17-18(22(26)29)24(3,23(30)31)25-19(17)15-11-6-7-12-16(15)27/h6-12,17-19,25,27H,4-5H2,1-3H3,(H,30,31). The van der Waals surface area contributed by atoms with Crippen LogP contribution in [0.1, 0.15) is 43.5 Å². The number of fused-ring (bicyclic) bond motifs is 1. The first-order chi connectivity index (χ1) is 14.8. The fraction of sp³-hybridized carbons (Fsp3) is 0.375. The Hall–Kier alpha value is -3.19. The van der Waals surface area contributed by atoms with Crippen LogP contribution < -0.4 is 10.2 Å². The van der Waals surface area contributed by atoms with Crippen LogP contribution in [-0.2, 0) is 27.2 Å². The number of amides is 2. The molecule has 7 nitrogen and oxygen atoms in total. The highest BCUT2D eigenvalue weighted by molar-refractivity contribution is 6.24. The molecule has 31 heavy (non-hydrogen) atoms. The predicted octanol–water partition coefficient (Wildman–Crippen LogP) is 2.81. The van der Waals surface area contributed by atoms with Crippen molar-refractivity contribution in [3.8, 4) is 5.75 Å². The minimum absolute atomic E-state index is 0.0460. The molecule has 7 heteroatoms. The van der Waals surface area contributed by atoms with Crippen molar-refractivity contribution < 1.29 is 24.6 Å². The van der Waals surface area contributed by atoms with Crippen molar-refractivity contribution in [2.75, 3.05) is 4.90 Å². The molecule has 0 bridgehead atoms. The molecule has 0 saturated carbocycles. The lowest BCUT2D eigenvalue weighted by Gasteiger charge is -2.29. The van der Waals surface area contributed by atoms with Gasteiger partial charge in [0.05, 0.1) is 17.5 Å². The Balaban J connectivity index is 1.90. The molecular weight excluding hydrogens is 396 g/mol. The van der Waals surface area contributed by atoms with Crippen molar-refractivity contribution >= 4 is 23.5 Å². The molecule has 2 aliphatic heterocycles. The van der Waals surface area contributed by atoms with Crippen molar-refractivity contribution in [3.05, 3.63) is 59.2 Å². The van der Waals surface area contributed by atoms with E-state index >= 15 is 0 Å². The van der Waals surface area contributed by atoms with Crippen molar-refractivity contribution in [3.63, 3.8) is 0 Å². The van der Waals surface area contributed by atoms with E-state index in [0.29, 0.717) is 24.1 Å². The van der Waals surface area contributed by atoms with Gasteiger partial charge in [-0.05, 0) is 37.0 Å². The molecule has 162 valence electrons. The van der Waals surface area contributed by atoms with Crippen molar-refractivity contribution in [2.24, 2.45) is 11.8 Å². The number of benzene rings is 2. The highest BCUT2D eigenvalue weighted by Crippen LogP contribution is 2.51. The topological polar surface area (TPSA) is 107 Å². The minimum atomic E-state index is -1.65. The molecular formula is C24H26N2O5. The van der Waals surface area contributed by atoms with Crippen LogP contribution in [0.25, 0.3) is 0 Å². The zero-order valence-corrected chi connectivity index (χ0v) is 17.8. The molecule has 4 rings (SSSR count). The maximum Gasteiger partial charge on any atom is 0.324 e. The summed E-state index contributed by atoms with van der Waals surface area (Å²) in [6.07, 6.45) is 1.26. The van der Waals surface area contributed by atoms with Crippen molar-refractivity contribution in [1.29, 1.82) is 0 Å². The van der Waals surface area contributed by atoms with E-state index in [0.717, 1.165) is 11.1 Å². The van der Waals surface area contributed by atoms with Gasteiger partial charge in [-0.25, -0.2) is 4.90 Å². The fourth-order valence-electron chi connectivity index (χ4n) is 5.08. The van der Waals surface area contributed by atoms with Crippen LogP contribution in [0, 0.1) is 11.8 Å². The van der Waals surface area contributed by atoms with Gasteiger partial charge in [0.1, 0.15) is 11.3 Å². The second-order valence-electron chi connectivity index (χ2n) is 8.34. The van der Waals surface area contributed by atoms with Crippen LogP contribution >= 0.6 is 0 Å². The average molecular weight is 422 g/mol. The number of carbonyl (C=O) groups excluding carboxylic acids is 2. The Morgan fingerprint density at radius 3 is 2.19 bits per heavy atom. The number of imide groups is 1. The van der Waals surface area contributed by atoms with Gasteiger partial charge in [0, 0.05) is 11.6 Å². The molecule has 2 aromatic carbocycles. The molecule has 0 spiro atoms. The summed E-state index contributed by atoms with van der Waals surface area (Å²) in [5.41, 5.74) is 1.06. The number of phenols is 1. The number of carbonyl (C=O) groups is 3. The smallest absolute Gasteiger partial charge is 0.324 e. The molecule has 4 unspecified atom stereocenters. The number of para-hydroxylation sites is 2. The lowest BCUT2D eigenvalue weighted by Crippen LogP contribution is -2.53. The number of anilines is 1. The van der Waals surface area contributed by atoms with Crippen LogP contribution in [0.3, 0.4) is 0 Å². The third-order valence-electron chi connectivity index (χ3n) is 6.69.